The fourth-order valence-electron chi connectivity index (χ4n) is 1.87. The maximum atomic E-state index is 13.1. The fraction of sp³-hybridized carbons (Fsp3) is 0.200. The predicted molar refractivity (Wildman–Crippen MR) is 88.4 cm³/mol. The normalized spacial score (nSPS) is 12.4. The largest absolute Gasteiger partial charge is 0.271 e. The van der Waals surface area contributed by atoms with Crippen molar-refractivity contribution in [2.45, 2.75) is 17.4 Å². The van der Waals surface area contributed by atoms with Crippen molar-refractivity contribution in [1.82, 2.24) is 5.43 Å². The van der Waals surface area contributed by atoms with Crippen LogP contribution < -0.4 is 11.3 Å². The van der Waals surface area contributed by atoms with Gasteiger partial charge in [-0.2, -0.15) is 0 Å². The van der Waals surface area contributed by atoms with E-state index in [1.165, 1.54) is 12.1 Å². The summed E-state index contributed by atoms with van der Waals surface area (Å²) in [6.07, 6.45) is 0.718. The molecule has 21 heavy (non-hydrogen) atoms. The minimum atomic E-state index is -0.234. The Morgan fingerprint density at radius 2 is 1.95 bits per heavy atom. The summed E-state index contributed by atoms with van der Waals surface area (Å²) in [5, 5.41) is 1.06. The molecular formula is C15H15Cl2FN2S. The Balaban J connectivity index is 1.95. The molecule has 0 fully saturated rings. The average Bonchev–Trinajstić information content (AvgIpc) is 2.47. The first-order valence-electron chi connectivity index (χ1n) is 6.37. The lowest BCUT2D eigenvalue weighted by Crippen LogP contribution is -2.38. The van der Waals surface area contributed by atoms with Crippen molar-refractivity contribution in [2.75, 3.05) is 5.75 Å². The van der Waals surface area contributed by atoms with E-state index in [4.69, 9.17) is 29.0 Å². The number of rotatable bonds is 6. The first kappa shape index (κ1) is 16.6. The predicted octanol–water partition coefficient (Wildman–Crippen LogP) is 4.30. The maximum Gasteiger partial charge on any atom is 0.124 e. The molecule has 2 aromatic rings. The van der Waals surface area contributed by atoms with Crippen molar-refractivity contribution in [3.05, 3.63) is 63.9 Å². The van der Waals surface area contributed by atoms with Crippen LogP contribution in [-0.4, -0.2) is 11.8 Å². The molecule has 0 aromatic heterocycles. The van der Waals surface area contributed by atoms with Crippen molar-refractivity contribution in [3.8, 4) is 0 Å². The summed E-state index contributed by atoms with van der Waals surface area (Å²) in [5.74, 6) is 6.07. The monoisotopic (exact) mass is 344 g/mol. The van der Waals surface area contributed by atoms with Gasteiger partial charge in [0.2, 0.25) is 0 Å². The van der Waals surface area contributed by atoms with Crippen LogP contribution in [0.2, 0.25) is 10.0 Å². The Morgan fingerprint density at radius 3 is 2.62 bits per heavy atom. The smallest absolute Gasteiger partial charge is 0.124 e. The highest BCUT2D eigenvalue weighted by atomic mass is 35.5. The topological polar surface area (TPSA) is 38.0 Å². The molecule has 0 bridgehead atoms. The van der Waals surface area contributed by atoms with E-state index in [0.29, 0.717) is 10.0 Å². The molecule has 0 spiro atoms. The molecule has 0 saturated heterocycles. The Hall–Kier alpha value is -0.780. The Kier molecular flexibility index (Phi) is 6.33. The number of hydrogen-bond donors (Lipinski definition) is 2. The second kappa shape index (κ2) is 8.01. The second-order valence-corrected chi connectivity index (χ2v) is 6.49. The van der Waals surface area contributed by atoms with Crippen LogP contribution in [0.25, 0.3) is 0 Å². The van der Waals surface area contributed by atoms with Gasteiger partial charge in [-0.05, 0) is 42.3 Å². The summed E-state index contributed by atoms with van der Waals surface area (Å²) in [7, 11) is 0. The van der Waals surface area contributed by atoms with E-state index >= 15 is 0 Å². The third kappa shape index (κ3) is 5.16. The minimum absolute atomic E-state index is 0.0514. The van der Waals surface area contributed by atoms with E-state index in [9.17, 15) is 4.39 Å². The van der Waals surface area contributed by atoms with Gasteiger partial charge in [0.25, 0.3) is 0 Å². The molecule has 0 aliphatic rings. The third-order valence-electron chi connectivity index (χ3n) is 2.95. The van der Waals surface area contributed by atoms with Gasteiger partial charge in [-0.3, -0.25) is 11.3 Å². The lowest BCUT2D eigenvalue weighted by Gasteiger charge is -2.16. The minimum Gasteiger partial charge on any atom is -0.271 e. The van der Waals surface area contributed by atoms with E-state index in [1.54, 1.807) is 23.9 Å². The van der Waals surface area contributed by atoms with E-state index in [1.807, 2.05) is 18.2 Å². The van der Waals surface area contributed by atoms with Crippen molar-refractivity contribution in [1.29, 1.82) is 0 Å². The molecule has 1 unspecified atom stereocenters. The van der Waals surface area contributed by atoms with Gasteiger partial charge in [-0.25, -0.2) is 4.39 Å². The standard InChI is InChI=1S/C15H15Cl2FN2S/c16-14-5-4-10(7-15(14)17)6-12(20-19)9-21-13-3-1-2-11(18)8-13/h1-5,7-8,12,20H,6,9,19H2. The van der Waals surface area contributed by atoms with E-state index in [0.717, 1.165) is 22.6 Å². The number of hydrazine groups is 1. The Labute approximate surface area is 137 Å². The van der Waals surface area contributed by atoms with Crippen LogP contribution in [0.3, 0.4) is 0 Å². The fourth-order valence-corrected chi connectivity index (χ4v) is 3.17. The quantitative estimate of drug-likeness (QED) is 0.466. The average molecular weight is 345 g/mol. The van der Waals surface area contributed by atoms with Crippen LogP contribution in [0, 0.1) is 5.82 Å². The van der Waals surface area contributed by atoms with Gasteiger partial charge in [-0.1, -0.05) is 35.3 Å². The summed E-state index contributed by atoms with van der Waals surface area (Å²) < 4.78 is 13.1. The number of thioether (sulfide) groups is 1. The van der Waals surface area contributed by atoms with Crippen LogP contribution in [-0.2, 0) is 6.42 Å². The number of nitrogens with two attached hydrogens (primary N) is 1. The molecule has 112 valence electrons. The number of benzene rings is 2. The summed E-state index contributed by atoms with van der Waals surface area (Å²) in [6.45, 7) is 0. The second-order valence-electron chi connectivity index (χ2n) is 4.58. The van der Waals surface area contributed by atoms with Crippen LogP contribution in [0.1, 0.15) is 5.56 Å². The highest BCUT2D eigenvalue weighted by molar-refractivity contribution is 7.99. The van der Waals surface area contributed by atoms with Gasteiger partial charge in [0, 0.05) is 16.7 Å². The number of hydrogen-bond acceptors (Lipinski definition) is 3. The molecular weight excluding hydrogens is 330 g/mol. The lowest BCUT2D eigenvalue weighted by atomic mass is 10.1. The molecule has 2 rings (SSSR count). The van der Waals surface area contributed by atoms with Gasteiger partial charge < -0.3 is 0 Å². The first-order chi connectivity index (χ1) is 10.1. The molecule has 6 heteroatoms. The highest BCUT2D eigenvalue weighted by Crippen LogP contribution is 2.24. The van der Waals surface area contributed by atoms with E-state index in [2.05, 4.69) is 5.43 Å². The first-order valence-corrected chi connectivity index (χ1v) is 8.11. The van der Waals surface area contributed by atoms with Crippen LogP contribution in [0.15, 0.2) is 47.4 Å². The molecule has 3 N–H and O–H groups in total. The Bertz CT molecular complexity index is 610. The van der Waals surface area contributed by atoms with Crippen LogP contribution in [0.5, 0.6) is 0 Å². The summed E-state index contributed by atoms with van der Waals surface area (Å²) >= 11 is 13.4. The molecule has 0 amide bonds. The molecule has 0 aliphatic heterocycles. The number of nitrogens with one attached hydrogen (secondary N) is 1. The van der Waals surface area contributed by atoms with Crippen molar-refractivity contribution in [2.24, 2.45) is 5.84 Å². The summed E-state index contributed by atoms with van der Waals surface area (Å²) in [6, 6.07) is 12.1. The van der Waals surface area contributed by atoms with Crippen LogP contribution >= 0.6 is 35.0 Å². The zero-order chi connectivity index (χ0) is 15.2. The molecule has 0 aliphatic carbocycles. The van der Waals surface area contributed by atoms with Crippen molar-refractivity contribution >= 4 is 35.0 Å². The molecule has 2 aromatic carbocycles. The highest BCUT2D eigenvalue weighted by Gasteiger charge is 2.10. The van der Waals surface area contributed by atoms with E-state index in [-0.39, 0.29) is 11.9 Å². The van der Waals surface area contributed by atoms with Gasteiger partial charge >= 0.3 is 0 Å². The molecule has 0 radical (unpaired) electrons. The molecule has 2 nitrogen and oxygen atoms in total. The van der Waals surface area contributed by atoms with Gasteiger partial charge in [0.15, 0.2) is 0 Å². The van der Waals surface area contributed by atoms with Gasteiger partial charge in [0.05, 0.1) is 10.0 Å². The van der Waals surface area contributed by atoms with Gasteiger partial charge in [-0.15, -0.1) is 11.8 Å². The van der Waals surface area contributed by atoms with Crippen molar-refractivity contribution in [3.63, 3.8) is 0 Å². The molecule has 0 saturated carbocycles. The van der Waals surface area contributed by atoms with Gasteiger partial charge in [0.1, 0.15) is 5.82 Å². The number of halogens is 3. The van der Waals surface area contributed by atoms with Crippen LogP contribution in [0.4, 0.5) is 4.39 Å². The Morgan fingerprint density at radius 1 is 1.14 bits per heavy atom. The zero-order valence-corrected chi connectivity index (χ0v) is 13.5. The summed E-state index contributed by atoms with van der Waals surface area (Å²) in [4.78, 5) is 0.879. The summed E-state index contributed by atoms with van der Waals surface area (Å²) in [5.41, 5.74) is 3.83. The third-order valence-corrected chi connectivity index (χ3v) is 4.84. The molecule has 1 atom stereocenters. The molecule has 0 heterocycles. The van der Waals surface area contributed by atoms with Crippen molar-refractivity contribution < 1.29 is 4.39 Å². The SMILES string of the molecule is NNC(CSc1cccc(F)c1)Cc1ccc(Cl)c(Cl)c1. The zero-order valence-electron chi connectivity index (χ0n) is 11.2. The van der Waals surface area contributed by atoms with E-state index < -0.39 is 0 Å². The lowest BCUT2D eigenvalue weighted by molar-refractivity contribution is 0.575. The maximum absolute atomic E-state index is 13.1.